The summed E-state index contributed by atoms with van der Waals surface area (Å²) in [7, 11) is 0. The molecule has 5 nitrogen and oxygen atoms in total. The van der Waals surface area contributed by atoms with Crippen LogP contribution in [0.1, 0.15) is 19.3 Å². The summed E-state index contributed by atoms with van der Waals surface area (Å²) in [6.07, 6.45) is 2.75. The van der Waals surface area contributed by atoms with Gasteiger partial charge >= 0.3 is 0 Å². The molecule has 0 radical (unpaired) electrons. The maximum atomic E-state index is 10.8. The highest BCUT2D eigenvalue weighted by atomic mass is 16.1. The van der Waals surface area contributed by atoms with Crippen LogP contribution >= 0.6 is 0 Å². The van der Waals surface area contributed by atoms with Crippen molar-refractivity contribution in [1.82, 2.24) is 4.90 Å². The van der Waals surface area contributed by atoms with Crippen LogP contribution in [-0.2, 0) is 4.79 Å². The van der Waals surface area contributed by atoms with Crippen LogP contribution in [0.4, 0.5) is 0 Å². The lowest BCUT2D eigenvalue weighted by Gasteiger charge is -2.22. The van der Waals surface area contributed by atoms with Crippen LogP contribution in [0.5, 0.6) is 0 Å². The molecule has 0 spiro atoms. The summed E-state index contributed by atoms with van der Waals surface area (Å²) < 4.78 is 0. The van der Waals surface area contributed by atoms with E-state index >= 15 is 0 Å². The summed E-state index contributed by atoms with van der Waals surface area (Å²) >= 11 is 0. The van der Waals surface area contributed by atoms with E-state index in [1.807, 2.05) is 0 Å². The van der Waals surface area contributed by atoms with Gasteiger partial charge in [0.15, 0.2) is 0 Å². The van der Waals surface area contributed by atoms with Crippen LogP contribution in [0.25, 0.3) is 0 Å². The Bertz CT molecular complexity index is 244. The maximum Gasteiger partial charge on any atom is 0.235 e. The molecule has 1 amide bonds. The molecule has 78 valence electrons. The molecule has 1 unspecified atom stereocenters. The Morgan fingerprint density at radius 2 is 2.29 bits per heavy atom. The van der Waals surface area contributed by atoms with Gasteiger partial charge in [0.2, 0.25) is 5.91 Å². The fourth-order valence-electron chi connectivity index (χ4n) is 1.40. The lowest BCUT2D eigenvalue weighted by Crippen LogP contribution is -2.46. The summed E-state index contributed by atoms with van der Waals surface area (Å²) in [6.45, 7) is 1.16. The molecular weight excluding hydrogens is 180 g/mol. The second-order valence-electron chi connectivity index (χ2n) is 3.64. The molecule has 0 aliphatic heterocycles. The molecule has 1 saturated carbocycles. The number of hydrogen-bond acceptors (Lipinski definition) is 4. The van der Waals surface area contributed by atoms with Gasteiger partial charge in [0, 0.05) is 25.6 Å². The summed E-state index contributed by atoms with van der Waals surface area (Å²) in [4.78, 5) is 12.8. The number of nitrogens with zero attached hydrogens (tertiary/aromatic N) is 2. The van der Waals surface area contributed by atoms with E-state index in [4.69, 9.17) is 16.7 Å². The third-order valence-corrected chi connectivity index (χ3v) is 2.37. The Kier molecular flexibility index (Phi) is 3.86. The number of nitriles is 1. The van der Waals surface area contributed by atoms with Crippen LogP contribution in [0.15, 0.2) is 0 Å². The Labute approximate surface area is 83.6 Å². The molecule has 4 N–H and O–H groups in total. The van der Waals surface area contributed by atoms with E-state index in [1.165, 1.54) is 0 Å². The molecule has 0 bridgehead atoms. The van der Waals surface area contributed by atoms with Crippen LogP contribution in [0.2, 0.25) is 0 Å². The van der Waals surface area contributed by atoms with Gasteiger partial charge in [-0.1, -0.05) is 0 Å². The van der Waals surface area contributed by atoms with Gasteiger partial charge in [0.05, 0.1) is 12.1 Å². The second kappa shape index (κ2) is 4.94. The monoisotopic (exact) mass is 196 g/mol. The molecule has 1 aliphatic carbocycles. The third kappa shape index (κ3) is 3.32. The largest absolute Gasteiger partial charge is 0.368 e. The van der Waals surface area contributed by atoms with Crippen LogP contribution in [-0.4, -0.2) is 36.0 Å². The van der Waals surface area contributed by atoms with E-state index in [0.717, 1.165) is 12.8 Å². The number of nitrogens with two attached hydrogens (primary N) is 2. The average molecular weight is 196 g/mol. The highest BCUT2D eigenvalue weighted by Gasteiger charge is 2.30. The molecular formula is C9H16N4O. The van der Waals surface area contributed by atoms with Crippen molar-refractivity contribution < 1.29 is 4.79 Å². The minimum absolute atomic E-state index is 0.474. The van der Waals surface area contributed by atoms with Crippen molar-refractivity contribution in [1.29, 1.82) is 5.26 Å². The lowest BCUT2D eigenvalue weighted by molar-refractivity contribution is -0.119. The molecule has 1 rings (SSSR count). The van der Waals surface area contributed by atoms with E-state index in [0.29, 0.717) is 25.6 Å². The van der Waals surface area contributed by atoms with Gasteiger partial charge in [0.1, 0.15) is 0 Å². The minimum Gasteiger partial charge on any atom is -0.368 e. The zero-order valence-corrected chi connectivity index (χ0v) is 8.15. The molecule has 1 atom stereocenters. The Morgan fingerprint density at radius 1 is 1.64 bits per heavy atom. The SMILES string of the molecule is N#CCCN(CC(N)C(N)=O)C1CC1. The average Bonchev–Trinajstić information content (AvgIpc) is 2.94. The quantitative estimate of drug-likeness (QED) is 0.580. The summed E-state index contributed by atoms with van der Waals surface area (Å²) in [5.74, 6) is -0.479. The summed E-state index contributed by atoms with van der Waals surface area (Å²) in [5, 5.41) is 8.46. The number of primary amides is 1. The first-order valence-electron chi connectivity index (χ1n) is 4.81. The summed E-state index contributed by atoms with van der Waals surface area (Å²) in [5.41, 5.74) is 10.6. The smallest absolute Gasteiger partial charge is 0.235 e. The van der Waals surface area contributed by atoms with Gasteiger partial charge in [-0.25, -0.2) is 0 Å². The predicted octanol–water partition coefficient (Wildman–Crippen LogP) is -0.823. The van der Waals surface area contributed by atoms with E-state index in [1.54, 1.807) is 0 Å². The Balaban J connectivity index is 2.35. The van der Waals surface area contributed by atoms with Crippen molar-refractivity contribution in [2.75, 3.05) is 13.1 Å². The van der Waals surface area contributed by atoms with Gasteiger partial charge in [-0.05, 0) is 12.8 Å². The highest BCUT2D eigenvalue weighted by Crippen LogP contribution is 2.26. The van der Waals surface area contributed by atoms with Crippen LogP contribution in [0.3, 0.4) is 0 Å². The van der Waals surface area contributed by atoms with Crippen molar-refractivity contribution >= 4 is 5.91 Å². The highest BCUT2D eigenvalue weighted by molar-refractivity contribution is 5.79. The van der Waals surface area contributed by atoms with Gasteiger partial charge in [-0.3, -0.25) is 9.69 Å². The fraction of sp³-hybridized carbons (Fsp3) is 0.778. The van der Waals surface area contributed by atoms with E-state index in [2.05, 4.69) is 11.0 Å². The lowest BCUT2D eigenvalue weighted by atomic mass is 10.2. The number of carbonyl (C=O) groups excluding carboxylic acids is 1. The fourth-order valence-corrected chi connectivity index (χ4v) is 1.40. The summed E-state index contributed by atoms with van der Waals surface area (Å²) in [6, 6.07) is 1.98. The van der Waals surface area contributed by atoms with Crippen molar-refractivity contribution in [2.24, 2.45) is 11.5 Å². The molecule has 0 heterocycles. The zero-order chi connectivity index (χ0) is 10.6. The number of rotatable bonds is 6. The van der Waals surface area contributed by atoms with Gasteiger partial charge in [0.25, 0.3) is 0 Å². The van der Waals surface area contributed by atoms with E-state index in [-0.39, 0.29) is 0 Å². The van der Waals surface area contributed by atoms with E-state index < -0.39 is 11.9 Å². The first-order chi connectivity index (χ1) is 6.65. The van der Waals surface area contributed by atoms with Crippen LogP contribution in [0, 0.1) is 11.3 Å². The molecule has 0 aromatic rings. The zero-order valence-electron chi connectivity index (χ0n) is 8.15. The Hall–Kier alpha value is -1.12. The molecule has 1 fully saturated rings. The predicted molar refractivity (Wildman–Crippen MR) is 52.0 cm³/mol. The van der Waals surface area contributed by atoms with Gasteiger partial charge < -0.3 is 11.5 Å². The topological polar surface area (TPSA) is 96.1 Å². The molecule has 0 aromatic carbocycles. The number of hydrogen-bond donors (Lipinski definition) is 2. The standard InChI is InChI=1S/C9H16N4O/c10-4-1-5-13(7-2-3-7)6-8(11)9(12)14/h7-8H,1-3,5-6,11H2,(H2,12,14). The minimum atomic E-state index is -0.616. The number of carbonyl (C=O) groups is 1. The normalized spacial score (nSPS) is 17.8. The number of amides is 1. The molecule has 5 heteroatoms. The first kappa shape index (κ1) is 11.0. The Morgan fingerprint density at radius 3 is 2.71 bits per heavy atom. The van der Waals surface area contributed by atoms with Crippen molar-refractivity contribution in [3.63, 3.8) is 0 Å². The van der Waals surface area contributed by atoms with E-state index in [9.17, 15) is 4.79 Å². The van der Waals surface area contributed by atoms with Gasteiger partial charge in [-0.2, -0.15) is 5.26 Å². The van der Waals surface area contributed by atoms with Crippen molar-refractivity contribution in [3.8, 4) is 6.07 Å². The van der Waals surface area contributed by atoms with Crippen molar-refractivity contribution in [2.45, 2.75) is 31.3 Å². The first-order valence-corrected chi connectivity index (χ1v) is 4.81. The van der Waals surface area contributed by atoms with Crippen molar-refractivity contribution in [3.05, 3.63) is 0 Å². The maximum absolute atomic E-state index is 10.8. The van der Waals surface area contributed by atoms with Gasteiger partial charge in [-0.15, -0.1) is 0 Å². The third-order valence-electron chi connectivity index (χ3n) is 2.37. The molecule has 14 heavy (non-hydrogen) atoms. The molecule has 0 saturated heterocycles. The van der Waals surface area contributed by atoms with Crippen LogP contribution < -0.4 is 11.5 Å². The second-order valence-corrected chi connectivity index (χ2v) is 3.64. The molecule has 0 aromatic heterocycles. The molecule has 1 aliphatic rings.